The van der Waals surface area contributed by atoms with Crippen LogP contribution in [0.2, 0.25) is 0 Å². The summed E-state index contributed by atoms with van der Waals surface area (Å²) in [5.41, 5.74) is 7.29. The minimum atomic E-state index is -3.47. The lowest BCUT2D eigenvalue weighted by Gasteiger charge is -2.35. The van der Waals surface area contributed by atoms with E-state index >= 15 is 0 Å². The van der Waals surface area contributed by atoms with Crippen LogP contribution in [-0.4, -0.2) is 228 Å². The number of rotatable bonds is 26. The van der Waals surface area contributed by atoms with Crippen LogP contribution in [0.1, 0.15) is 173 Å². The van der Waals surface area contributed by atoms with Crippen molar-refractivity contribution in [3.63, 3.8) is 0 Å². The summed E-state index contributed by atoms with van der Waals surface area (Å²) >= 11 is 8.36. The van der Waals surface area contributed by atoms with Crippen LogP contribution in [0, 0.1) is 46.4 Å². The molecule has 120 heavy (non-hydrogen) atoms. The molecule has 3 aliphatic carbocycles. The number of nitrogens with one attached hydrogen (secondary N) is 1. The number of carboxylic acid groups (broad SMARTS) is 1. The number of thioether (sulfide) groups is 1. The summed E-state index contributed by atoms with van der Waals surface area (Å²) in [6, 6.07) is 26.5. The van der Waals surface area contributed by atoms with Crippen molar-refractivity contribution in [2.24, 2.45) is 16.2 Å². The maximum Gasteiger partial charge on any atom is 0.340 e. The molecule has 0 radical (unpaired) electrons. The molecule has 664 valence electrons. The molecule has 6 fully saturated rings. The number of carboxylic acids is 1. The number of piperidine rings is 3. The Balaban J connectivity index is 0.000000253. The van der Waals surface area contributed by atoms with E-state index in [1.165, 1.54) is 159 Å². The second-order valence-corrected chi connectivity index (χ2v) is 38.1. The Morgan fingerprint density at radius 2 is 0.725 bits per heavy atom. The number of halogens is 5. The minimum Gasteiger partial charge on any atom is -0.478 e. The third kappa shape index (κ3) is 34.2. The average molecular weight is 1850 g/mol. The third-order valence-electron chi connectivity index (χ3n) is 20.6. The van der Waals surface area contributed by atoms with Gasteiger partial charge in [0.1, 0.15) is 23.3 Å². The highest BCUT2D eigenvalue weighted by Gasteiger charge is 2.46. The van der Waals surface area contributed by atoms with Gasteiger partial charge < -0.3 is 69.4 Å². The number of carbonyl (C=O) groups excluding carboxylic acids is 5. The molecule has 0 aromatic heterocycles. The summed E-state index contributed by atoms with van der Waals surface area (Å²) in [7, 11) is -4.09. The van der Waals surface area contributed by atoms with Crippen molar-refractivity contribution in [1.29, 1.82) is 0 Å². The quantitative estimate of drug-likeness (QED) is 0.00624. The van der Waals surface area contributed by atoms with Crippen LogP contribution in [0.4, 0.5) is 28.9 Å². The van der Waals surface area contributed by atoms with E-state index in [2.05, 4.69) is 62.6 Å². The smallest absolute Gasteiger partial charge is 0.340 e. The molecule has 12 rings (SSSR count). The van der Waals surface area contributed by atoms with Gasteiger partial charge in [0.25, 0.3) is 0 Å². The van der Waals surface area contributed by atoms with Crippen molar-refractivity contribution >= 4 is 117 Å². The Morgan fingerprint density at radius 1 is 0.425 bits per heavy atom. The van der Waals surface area contributed by atoms with E-state index in [1.54, 1.807) is 55.5 Å². The van der Waals surface area contributed by atoms with Crippen molar-refractivity contribution in [3.8, 4) is 0 Å². The monoisotopic (exact) mass is 1840 g/mol. The van der Waals surface area contributed by atoms with Crippen LogP contribution >= 0.6 is 40.3 Å². The van der Waals surface area contributed by atoms with Gasteiger partial charge in [0, 0.05) is 48.8 Å². The number of benzene rings is 6. The molecular formula is C84H110BrF4N3O23S5. The molecule has 0 bridgehead atoms. The SMILES string of the molecule is C1CC2(CCN1)CC2.COC(=O)c1ccc(C)cc1F.COC(=O)c1ccc(CBr)cc1F.COC(=O)c1ccc(CS(=O)(=O)CCO)cc1F.COC(=O)c1ccc(CS(=O)(=O)CCO)cc1N1CCC2(CC1)CC2.COC(=O)c1ccc(CSCCO)cc1F.O=C(O)c1ccc(CS(=O)(=O)CCO)cc1N1CCC2(CC1)CC2.OCCS. The fourth-order valence-electron chi connectivity index (χ4n) is 13.1. The lowest BCUT2D eigenvalue weighted by atomic mass is 9.93. The molecule has 0 amide bonds. The van der Waals surface area contributed by atoms with Gasteiger partial charge in [0.05, 0.1) is 148 Å². The third-order valence-corrected chi connectivity index (χ3v) is 27.2. The summed E-state index contributed by atoms with van der Waals surface area (Å²) in [6.07, 6.45) is 15.4. The van der Waals surface area contributed by atoms with Gasteiger partial charge in [0.2, 0.25) is 0 Å². The number of methoxy groups -OCH3 is 5. The number of ether oxygens (including phenoxy) is 5. The second kappa shape index (κ2) is 50.1. The number of sulfone groups is 3. The number of alkyl halides is 1. The number of aromatic carboxylic acids is 1. The maximum absolute atomic E-state index is 13.5. The highest BCUT2D eigenvalue weighted by molar-refractivity contribution is 9.08. The van der Waals surface area contributed by atoms with Gasteiger partial charge in [-0.15, -0.1) is 0 Å². The van der Waals surface area contributed by atoms with Crippen LogP contribution in [0.15, 0.2) is 109 Å². The molecule has 7 N–H and O–H groups in total. The Labute approximate surface area is 717 Å². The summed E-state index contributed by atoms with van der Waals surface area (Å²) < 4.78 is 146. The van der Waals surface area contributed by atoms with Gasteiger partial charge in [-0.25, -0.2) is 71.6 Å². The van der Waals surface area contributed by atoms with E-state index in [1.807, 2.05) is 0 Å². The summed E-state index contributed by atoms with van der Waals surface area (Å²) in [5.74, 6) is -6.54. The first kappa shape index (κ1) is 103. The number of carbonyl (C=O) groups is 6. The van der Waals surface area contributed by atoms with E-state index in [0.717, 1.165) is 92.8 Å². The zero-order chi connectivity index (χ0) is 89.0. The van der Waals surface area contributed by atoms with E-state index < -0.39 is 102 Å². The molecular weight excluding hydrogens is 1740 g/mol. The average Bonchev–Trinajstić information content (AvgIpc) is 1.62. The largest absolute Gasteiger partial charge is 0.478 e. The van der Waals surface area contributed by atoms with Gasteiger partial charge in [0.15, 0.2) is 29.5 Å². The first-order chi connectivity index (χ1) is 57.0. The molecule has 36 heteroatoms. The molecule has 3 saturated carbocycles. The molecule has 26 nitrogen and oxygen atoms in total. The molecule has 3 saturated heterocycles. The van der Waals surface area contributed by atoms with Crippen molar-refractivity contribution in [3.05, 3.63) is 199 Å². The first-order valence-electron chi connectivity index (χ1n) is 38.6. The number of nitrogens with zero attached hydrogens (tertiary/aromatic N) is 2. The van der Waals surface area contributed by atoms with Gasteiger partial charge >= 0.3 is 35.8 Å². The van der Waals surface area contributed by atoms with Crippen LogP contribution in [0.25, 0.3) is 0 Å². The maximum atomic E-state index is 13.5. The number of hydrogen-bond donors (Lipinski definition) is 8. The molecule has 6 aliphatic rings. The van der Waals surface area contributed by atoms with Gasteiger partial charge in [-0.2, -0.15) is 24.4 Å². The number of esters is 5. The topological polar surface area (TPSA) is 391 Å². The number of anilines is 2. The minimum absolute atomic E-state index is 0.0249. The van der Waals surface area contributed by atoms with Crippen molar-refractivity contribution in [2.75, 3.05) is 146 Å². The predicted octanol–water partition coefficient (Wildman–Crippen LogP) is 11.3. The van der Waals surface area contributed by atoms with E-state index in [-0.39, 0.29) is 87.7 Å². The fourth-order valence-corrected chi connectivity index (χ4v) is 17.4. The lowest BCUT2D eigenvalue weighted by molar-refractivity contribution is 0.0586. The normalized spacial score (nSPS) is 15.4. The Hall–Kier alpha value is -7.75. The molecule has 0 atom stereocenters. The molecule has 6 aromatic carbocycles. The fraction of sp³-hybridized carbons (Fsp3) is 0.500. The van der Waals surface area contributed by atoms with Gasteiger partial charge in [-0.05, 0) is 219 Å². The van der Waals surface area contributed by atoms with Crippen molar-refractivity contribution in [1.82, 2.24) is 5.32 Å². The standard InChI is InChI=1S/C18H25NO5S.C17H23NO5S.C11H13FO5S.C11H13FO3S.C9H8BrFO2.C9H9FO2.C7H13N.C2H6OS/c1-24-17(21)15-3-2-14(13-25(22,23)11-10-20)12-16(15)19-8-6-18(4-5-18)7-9-19;19-9-10-24(22,23)12-13-1-2-14(16(20)21)15(11-13)18-7-5-17(3-4-17)6-8-18;1-17-11(14)9-3-2-8(6-10(9)12)7-18(15,16)5-4-13;1-15-11(14)9-3-2-8(6-10(9)12)7-16-5-4-13;1-13-9(12)7-3-2-6(5-10)4-8(7)11;1-6-3-4-7(8(10)5-6)9(11)12-2;1-2-7(1)3-5-8-6-4-7;3-1-2-4/h2-3,12,20H,4-11,13H2,1H3;1-2,11,19H,3-10,12H2,(H,20,21);2-3,6,13H,4-5,7H2,1H3;2-3,6,13H,4-5,7H2,1H3;2-4H,5H2,1H3;3-5H,1-2H3;8H,1-6H2;3-4H,1-2H2. The van der Waals surface area contributed by atoms with Crippen LogP contribution in [0.5, 0.6) is 0 Å². The Kier molecular flexibility index (Phi) is 42.9. The molecule has 3 spiro atoms. The molecule has 0 unspecified atom stereocenters. The second-order valence-electron chi connectivity index (χ2n) is 29.4. The number of hydrogen-bond acceptors (Lipinski definition) is 27. The van der Waals surface area contributed by atoms with E-state index in [4.69, 9.17) is 30.3 Å². The van der Waals surface area contributed by atoms with E-state index in [9.17, 15) is 76.7 Å². The first-order valence-corrected chi connectivity index (χ1v) is 47.0. The van der Waals surface area contributed by atoms with Crippen molar-refractivity contribution < 1.29 is 126 Å². The van der Waals surface area contributed by atoms with Crippen molar-refractivity contribution in [2.45, 2.75) is 112 Å². The lowest BCUT2D eigenvalue weighted by Crippen LogP contribution is -2.35. The highest BCUT2D eigenvalue weighted by atomic mass is 79.9. The number of aryl methyl sites for hydroxylation is 1. The summed E-state index contributed by atoms with van der Waals surface area (Å²) in [5, 5.41) is 56.1. The van der Waals surface area contributed by atoms with Crippen LogP contribution < -0.4 is 15.1 Å². The van der Waals surface area contributed by atoms with Gasteiger partial charge in [-0.3, -0.25) is 0 Å². The number of aliphatic hydroxyl groups excluding tert-OH is 5. The number of thiol groups is 1. The molecule has 3 aliphatic heterocycles. The Bertz CT molecular complexity index is 4720. The summed E-state index contributed by atoms with van der Waals surface area (Å²) in [4.78, 5) is 71.9. The van der Waals surface area contributed by atoms with Crippen LogP contribution in [-0.2, 0) is 81.5 Å². The Morgan fingerprint density at radius 3 is 1.04 bits per heavy atom. The zero-order valence-electron chi connectivity index (χ0n) is 68.2. The highest BCUT2D eigenvalue weighted by Crippen LogP contribution is 2.55. The van der Waals surface area contributed by atoms with Crippen LogP contribution in [0.3, 0.4) is 0 Å². The summed E-state index contributed by atoms with van der Waals surface area (Å²) in [6.45, 7) is 6.69. The van der Waals surface area contributed by atoms with Gasteiger partial charge in [-0.1, -0.05) is 52.3 Å². The molecule has 6 aromatic rings. The van der Waals surface area contributed by atoms with E-state index in [0.29, 0.717) is 55.8 Å². The molecule has 3 heterocycles. The predicted molar refractivity (Wildman–Crippen MR) is 457 cm³/mol. The number of aliphatic hydroxyl groups is 5. The zero-order valence-corrected chi connectivity index (χ0v) is 74.0.